The number of halogens is 1. The first-order valence-electron chi connectivity index (χ1n) is 4.96. The van der Waals surface area contributed by atoms with E-state index in [1.165, 1.54) is 12.1 Å². The predicted octanol–water partition coefficient (Wildman–Crippen LogP) is 0.890. The summed E-state index contributed by atoms with van der Waals surface area (Å²) in [4.78, 5) is 0.0391. The highest BCUT2D eigenvalue weighted by molar-refractivity contribution is 7.89. The Morgan fingerprint density at radius 1 is 1.53 bits per heavy atom. The number of aliphatic hydroxyl groups excluding tert-OH is 1. The Morgan fingerprint density at radius 3 is 2.59 bits per heavy atom. The van der Waals surface area contributed by atoms with E-state index in [-0.39, 0.29) is 17.2 Å². The van der Waals surface area contributed by atoms with Crippen LogP contribution in [0.3, 0.4) is 0 Å². The third-order valence-electron chi connectivity index (χ3n) is 2.20. The average Bonchev–Trinajstić information content (AvgIpc) is 2.24. The Bertz CT molecular complexity index is 493. The van der Waals surface area contributed by atoms with Gasteiger partial charge < -0.3 is 10.8 Å². The molecule has 0 aliphatic rings. The molecule has 0 unspecified atom stereocenters. The van der Waals surface area contributed by atoms with Crippen molar-refractivity contribution >= 4 is 27.3 Å². The van der Waals surface area contributed by atoms with Gasteiger partial charge in [0.05, 0.1) is 22.2 Å². The summed E-state index contributed by atoms with van der Waals surface area (Å²) in [6.45, 7) is 2.96. The van der Waals surface area contributed by atoms with Crippen molar-refractivity contribution in [2.24, 2.45) is 0 Å². The highest BCUT2D eigenvalue weighted by Crippen LogP contribution is 2.26. The number of nitrogens with two attached hydrogens (primary N) is 1. The van der Waals surface area contributed by atoms with Crippen molar-refractivity contribution in [2.45, 2.75) is 24.8 Å². The van der Waals surface area contributed by atoms with Gasteiger partial charge >= 0.3 is 0 Å². The molecule has 0 aromatic heterocycles. The number of nitrogens with one attached hydrogen (secondary N) is 1. The van der Waals surface area contributed by atoms with E-state index < -0.39 is 16.1 Å². The highest BCUT2D eigenvalue weighted by Gasteiger charge is 2.18. The maximum atomic E-state index is 11.9. The Balaban J connectivity index is 3.16. The molecule has 7 heteroatoms. The smallest absolute Gasteiger partial charge is 0.240 e. The molecule has 0 aliphatic heterocycles. The van der Waals surface area contributed by atoms with Crippen molar-refractivity contribution in [3.05, 3.63) is 22.7 Å². The molecule has 0 saturated carbocycles. The quantitative estimate of drug-likeness (QED) is 0.713. The number of benzene rings is 1. The van der Waals surface area contributed by atoms with Crippen molar-refractivity contribution in [3.8, 4) is 0 Å². The maximum Gasteiger partial charge on any atom is 0.240 e. The van der Waals surface area contributed by atoms with Crippen LogP contribution >= 0.6 is 11.6 Å². The molecule has 5 nitrogen and oxygen atoms in total. The number of hydrogen-bond donors (Lipinski definition) is 3. The van der Waals surface area contributed by atoms with Crippen molar-refractivity contribution in [2.75, 3.05) is 12.3 Å². The van der Waals surface area contributed by atoms with Crippen molar-refractivity contribution in [3.63, 3.8) is 0 Å². The lowest BCUT2D eigenvalue weighted by Gasteiger charge is -2.13. The van der Waals surface area contributed by atoms with E-state index in [1.54, 1.807) is 13.8 Å². The molecular weight excluding hydrogens is 264 g/mol. The number of sulfonamides is 1. The van der Waals surface area contributed by atoms with E-state index in [1.807, 2.05) is 0 Å². The van der Waals surface area contributed by atoms with Crippen LogP contribution < -0.4 is 10.5 Å². The van der Waals surface area contributed by atoms with Crippen LogP contribution in [0.4, 0.5) is 5.69 Å². The Morgan fingerprint density at radius 2 is 2.12 bits per heavy atom. The van der Waals surface area contributed by atoms with Crippen molar-refractivity contribution < 1.29 is 13.5 Å². The summed E-state index contributed by atoms with van der Waals surface area (Å²) in [6.07, 6.45) is 0. The van der Waals surface area contributed by atoms with Crippen LogP contribution in [0.15, 0.2) is 17.0 Å². The number of aliphatic hydroxyl groups is 1. The number of anilines is 1. The lowest BCUT2D eigenvalue weighted by Crippen LogP contribution is -2.35. The Labute approximate surface area is 106 Å². The summed E-state index contributed by atoms with van der Waals surface area (Å²) in [5, 5.41) is 9.17. The first-order valence-corrected chi connectivity index (χ1v) is 6.83. The molecular formula is C10H15ClN2O3S. The number of rotatable bonds is 4. The van der Waals surface area contributed by atoms with E-state index in [4.69, 9.17) is 22.4 Å². The molecule has 17 heavy (non-hydrogen) atoms. The maximum absolute atomic E-state index is 11.9. The van der Waals surface area contributed by atoms with Gasteiger partial charge in [0.2, 0.25) is 10.0 Å². The molecule has 4 N–H and O–H groups in total. The Kier molecular flexibility index (Phi) is 4.37. The van der Waals surface area contributed by atoms with Gasteiger partial charge in [0, 0.05) is 6.04 Å². The topological polar surface area (TPSA) is 92.4 Å². The first-order chi connectivity index (χ1) is 7.77. The molecule has 0 saturated heterocycles. The van der Waals surface area contributed by atoms with E-state index in [0.29, 0.717) is 10.6 Å². The first kappa shape index (κ1) is 14.2. The summed E-state index contributed by atoms with van der Waals surface area (Å²) >= 11 is 5.85. The number of hydrogen-bond acceptors (Lipinski definition) is 4. The molecule has 0 spiro atoms. The van der Waals surface area contributed by atoms with Gasteiger partial charge in [0.1, 0.15) is 0 Å². The molecule has 0 aliphatic carbocycles. The molecule has 1 rings (SSSR count). The Hall–Kier alpha value is -0.820. The predicted molar refractivity (Wildman–Crippen MR) is 67.5 cm³/mol. The van der Waals surface area contributed by atoms with Gasteiger partial charge in [0.15, 0.2) is 0 Å². The van der Waals surface area contributed by atoms with E-state index in [0.717, 1.165) is 0 Å². The summed E-state index contributed by atoms with van der Waals surface area (Å²) < 4.78 is 26.1. The molecule has 1 aromatic rings. The van der Waals surface area contributed by atoms with Gasteiger partial charge in [-0.25, -0.2) is 13.1 Å². The zero-order chi connectivity index (χ0) is 13.2. The second kappa shape index (κ2) is 5.22. The summed E-state index contributed by atoms with van der Waals surface area (Å²) in [5.41, 5.74) is 6.41. The highest BCUT2D eigenvalue weighted by atomic mass is 35.5. The zero-order valence-corrected chi connectivity index (χ0v) is 11.1. The van der Waals surface area contributed by atoms with Crippen molar-refractivity contribution in [1.29, 1.82) is 0 Å². The molecule has 1 aromatic carbocycles. The molecule has 1 atom stereocenters. The van der Waals surface area contributed by atoms with Crippen LogP contribution in [-0.2, 0) is 10.0 Å². The summed E-state index contributed by atoms with van der Waals surface area (Å²) in [7, 11) is -3.68. The van der Waals surface area contributed by atoms with E-state index in [9.17, 15) is 8.42 Å². The number of nitrogen functional groups attached to an aromatic ring is 1. The minimum absolute atomic E-state index is 0.0391. The molecule has 0 radical (unpaired) electrons. The van der Waals surface area contributed by atoms with Crippen LogP contribution in [0.2, 0.25) is 5.02 Å². The van der Waals surface area contributed by atoms with Crippen molar-refractivity contribution in [1.82, 2.24) is 4.72 Å². The van der Waals surface area contributed by atoms with Gasteiger partial charge in [-0.2, -0.15) is 0 Å². The number of aryl methyl sites for hydroxylation is 1. The zero-order valence-electron chi connectivity index (χ0n) is 9.57. The fourth-order valence-electron chi connectivity index (χ4n) is 1.29. The fraction of sp³-hybridized carbons (Fsp3) is 0.400. The normalized spacial score (nSPS) is 13.6. The molecule has 0 heterocycles. The van der Waals surface area contributed by atoms with Crippen LogP contribution in [0, 0.1) is 6.92 Å². The van der Waals surface area contributed by atoms with Crippen LogP contribution in [0.1, 0.15) is 12.5 Å². The van der Waals surface area contributed by atoms with Gasteiger partial charge in [-0.1, -0.05) is 11.6 Å². The standard InChI is InChI=1S/C10H15ClN2O3S/c1-6-3-8(4-9(12)10(6)11)17(15,16)13-7(2)5-14/h3-4,7,13-14H,5,12H2,1-2H3/t7-/m0/s1. The second-order valence-electron chi connectivity index (χ2n) is 3.85. The minimum Gasteiger partial charge on any atom is -0.397 e. The van der Waals surface area contributed by atoms with Crippen LogP contribution in [0.5, 0.6) is 0 Å². The minimum atomic E-state index is -3.68. The lowest BCUT2D eigenvalue weighted by molar-refractivity contribution is 0.265. The second-order valence-corrected chi connectivity index (χ2v) is 5.94. The monoisotopic (exact) mass is 278 g/mol. The fourth-order valence-corrected chi connectivity index (χ4v) is 2.75. The summed E-state index contributed by atoms with van der Waals surface area (Å²) in [6, 6.07) is 2.17. The van der Waals surface area contributed by atoms with E-state index in [2.05, 4.69) is 4.72 Å². The molecule has 96 valence electrons. The van der Waals surface area contributed by atoms with Gasteiger partial charge in [-0.3, -0.25) is 0 Å². The molecule has 0 amide bonds. The van der Waals surface area contributed by atoms with Crippen LogP contribution in [-0.4, -0.2) is 26.2 Å². The van der Waals surface area contributed by atoms with Gasteiger partial charge in [0.25, 0.3) is 0 Å². The SMILES string of the molecule is Cc1cc(S(=O)(=O)N[C@@H](C)CO)cc(N)c1Cl. The molecule has 0 fully saturated rings. The van der Waals surface area contributed by atoms with E-state index >= 15 is 0 Å². The average molecular weight is 279 g/mol. The van der Waals surface area contributed by atoms with Crippen LogP contribution in [0.25, 0.3) is 0 Å². The summed E-state index contributed by atoms with van der Waals surface area (Å²) in [5.74, 6) is 0. The largest absolute Gasteiger partial charge is 0.397 e. The third kappa shape index (κ3) is 3.32. The van der Waals surface area contributed by atoms with Gasteiger partial charge in [-0.05, 0) is 31.5 Å². The van der Waals surface area contributed by atoms with Gasteiger partial charge in [-0.15, -0.1) is 0 Å². The molecule has 0 bridgehead atoms. The third-order valence-corrected chi connectivity index (χ3v) is 4.28. The lowest BCUT2D eigenvalue weighted by atomic mass is 10.2.